The Morgan fingerprint density at radius 3 is 2.72 bits per heavy atom. The van der Waals surface area contributed by atoms with Crippen molar-refractivity contribution in [1.29, 1.82) is 0 Å². The molecule has 3 heteroatoms. The maximum absolute atomic E-state index is 11.1. The fraction of sp³-hybridized carbons (Fsp3) is 0.267. The van der Waals surface area contributed by atoms with Gasteiger partial charge in [-0.15, -0.1) is 0 Å². The molecule has 0 aromatic heterocycles. The normalized spacial score (nSPS) is 10.3. The number of carbonyl (C=O) groups excluding carboxylic acids is 1. The van der Waals surface area contributed by atoms with Crippen molar-refractivity contribution in [3.63, 3.8) is 0 Å². The standard InChI is InChI=1S/C15H18N2O/c1-16-15(18)10-5-11-17-14-9-4-7-12-6-2-3-8-13(12)14/h2-4,6-9,17H,5,10-11H2,1H3,(H,16,18). The average Bonchev–Trinajstić information content (AvgIpc) is 2.43. The second kappa shape index (κ2) is 6.05. The van der Waals surface area contributed by atoms with Crippen LogP contribution in [-0.2, 0) is 4.79 Å². The van der Waals surface area contributed by atoms with Gasteiger partial charge in [0, 0.05) is 31.1 Å². The van der Waals surface area contributed by atoms with Crippen LogP contribution in [0.3, 0.4) is 0 Å². The topological polar surface area (TPSA) is 41.1 Å². The third-order valence-corrected chi connectivity index (χ3v) is 2.96. The molecule has 3 nitrogen and oxygen atoms in total. The highest BCUT2D eigenvalue weighted by Gasteiger charge is 2.00. The van der Waals surface area contributed by atoms with Crippen molar-refractivity contribution in [3.05, 3.63) is 42.5 Å². The van der Waals surface area contributed by atoms with Crippen molar-refractivity contribution in [2.45, 2.75) is 12.8 Å². The monoisotopic (exact) mass is 242 g/mol. The largest absolute Gasteiger partial charge is 0.385 e. The van der Waals surface area contributed by atoms with Gasteiger partial charge in [-0.1, -0.05) is 36.4 Å². The Hall–Kier alpha value is -2.03. The quantitative estimate of drug-likeness (QED) is 0.792. The van der Waals surface area contributed by atoms with Crippen LogP contribution in [0.5, 0.6) is 0 Å². The molecule has 0 aliphatic carbocycles. The number of rotatable bonds is 5. The molecule has 0 saturated heterocycles. The van der Waals surface area contributed by atoms with Gasteiger partial charge in [-0.2, -0.15) is 0 Å². The molecule has 2 rings (SSSR count). The first-order valence-corrected chi connectivity index (χ1v) is 6.23. The van der Waals surface area contributed by atoms with E-state index in [-0.39, 0.29) is 5.91 Å². The minimum Gasteiger partial charge on any atom is -0.385 e. The number of nitrogens with one attached hydrogen (secondary N) is 2. The summed E-state index contributed by atoms with van der Waals surface area (Å²) in [6.45, 7) is 0.807. The highest BCUT2D eigenvalue weighted by Crippen LogP contribution is 2.22. The van der Waals surface area contributed by atoms with Gasteiger partial charge < -0.3 is 10.6 Å². The number of amides is 1. The molecule has 18 heavy (non-hydrogen) atoms. The van der Waals surface area contributed by atoms with E-state index < -0.39 is 0 Å². The van der Waals surface area contributed by atoms with E-state index in [1.54, 1.807) is 7.05 Å². The third-order valence-electron chi connectivity index (χ3n) is 2.96. The molecule has 2 aromatic carbocycles. The minimum absolute atomic E-state index is 0.0923. The number of hydrogen-bond donors (Lipinski definition) is 2. The molecule has 0 bridgehead atoms. The summed E-state index contributed by atoms with van der Waals surface area (Å²) in [6.07, 6.45) is 1.40. The van der Waals surface area contributed by atoms with Gasteiger partial charge >= 0.3 is 0 Å². The fourth-order valence-corrected chi connectivity index (χ4v) is 1.98. The molecule has 0 fully saturated rings. The molecule has 94 valence electrons. The summed E-state index contributed by atoms with van der Waals surface area (Å²) < 4.78 is 0. The lowest BCUT2D eigenvalue weighted by Crippen LogP contribution is -2.18. The van der Waals surface area contributed by atoms with Gasteiger partial charge in [0.05, 0.1) is 0 Å². The van der Waals surface area contributed by atoms with Crippen LogP contribution in [0.1, 0.15) is 12.8 Å². The Morgan fingerprint density at radius 2 is 1.89 bits per heavy atom. The summed E-state index contributed by atoms with van der Waals surface area (Å²) in [4.78, 5) is 11.1. The number of benzene rings is 2. The Morgan fingerprint density at radius 1 is 1.11 bits per heavy atom. The lowest BCUT2D eigenvalue weighted by atomic mass is 10.1. The Balaban J connectivity index is 1.97. The Labute approximate surface area is 107 Å². The van der Waals surface area contributed by atoms with E-state index in [0.29, 0.717) is 6.42 Å². The van der Waals surface area contributed by atoms with Gasteiger partial charge in [-0.3, -0.25) is 4.79 Å². The summed E-state index contributed by atoms with van der Waals surface area (Å²) in [5, 5.41) is 8.47. The summed E-state index contributed by atoms with van der Waals surface area (Å²) in [5.74, 6) is 0.0923. The lowest BCUT2D eigenvalue weighted by molar-refractivity contribution is -0.120. The number of fused-ring (bicyclic) bond motifs is 1. The van der Waals surface area contributed by atoms with E-state index in [9.17, 15) is 4.79 Å². The smallest absolute Gasteiger partial charge is 0.219 e. The summed E-state index contributed by atoms with van der Waals surface area (Å²) in [6, 6.07) is 14.5. The van der Waals surface area contributed by atoms with Crippen LogP contribution in [0.25, 0.3) is 10.8 Å². The van der Waals surface area contributed by atoms with Crippen LogP contribution >= 0.6 is 0 Å². The van der Waals surface area contributed by atoms with Gasteiger partial charge in [0.15, 0.2) is 0 Å². The van der Waals surface area contributed by atoms with Crippen molar-refractivity contribution >= 4 is 22.4 Å². The molecule has 2 aromatic rings. The van der Waals surface area contributed by atoms with Crippen LogP contribution in [0.2, 0.25) is 0 Å². The first-order valence-electron chi connectivity index (χ1n) is 6.23. The van der Waals surface area contributed by atoms with Gasteiger partial charge in [0.1, 0.15) is 0 Å². The van der Waals surface area contributed by atoms with E-state index in [1.165, 1.54) is 10.8 Å². The van der Waals surface area contributed by atoms with Crippen molar-refractivity contribution in [1.82, 2.24) is 5.32 Å². The molecule has 1 amide bonds. The van der Waals surface area contributed by atoms with Crippen LogP contribution in [0, 0.1) is 0 Å². The van der Waals surface area contributed by atoms with Crippen LogP contribution < -0.4 is 10.6 Å². The summed E-state index contributed by atoms with van der Waals surface area (Å²) in [7, 11) is 1.67. The van der Waals surface area contributed by atoms with Gasteiger partial charge in [0.2, 0.25) is 5.91 Å². The van der Waals surface area contributed by atoms with Crippen LogP contribution in [-0.4, -0.2) is 19.5 Å². The molecule has 2 N–H and O–H groups in total. The number of hydrogen-bond acceptors (Lipinski definition) is 2. The van der Waals surface area contributed by atoms with E-state index in [2.05, 4.69) is 34.9 Å². The molecule has 0 atom stereocenters. The first-order chi connectivity index (χ1) is 8.81. The zero-order valence-corrected chi connectivity index (χ0v) is 10.6. The highest BCUT2D eigenvalue weighted by atomic mass is 16.1. The minimum atomic E-state index is 0.0923. The molecule has 0 aliphatic rings. The van der Waals surface area contributed by atoms with Crippen molar-refractivity contribution < 1.29 is 4.79 Å². The Bertz CT molecular complexity index is 532. The van der Waals surface area contributed by atoms with Crippen LogP contribution in [0.4, 0.5) is 5.69 Å². The molecular weight excluding hydrogens is 224 g/mol. The summed E-state index contributed by atoms with van der Waals surface area (Å²) in [5.41, 5.74) is 1.13. The zero-order chi connectivity index (χ0) is 12.8. The predicted octanol–water partition coefficient (Wildman–Crippen LogP) is 2.78. The molecule has 0 saturated carbocycles. The Kier molecular flexibility index (Phi) is 4.18. The van der Waals surface area contributed by atoms with E-state index in [0.717, 1.165) is 18.7 Å². The van der Waals surface area contributed by atoms with Crippen molar-refractivity contribution in [3.8, 4) is 0 Å². The van der Waals surface area contributed by atoms with E-state index in [1.807, 2.05) is 18.2 Å². The summed E-state index contributed by atoms with van der Waals surface area (Å²) >= 11 is 0. The molecule has 0 spiro atoms. The second-order valence-electron chi connectivity index (χ2n) is 4.23. The highest BCUT2D eigenvalue weighted by molar-refractivity contribution is 5.93. The zero-order valence-electron chi connectivity index (χ0n) is 10.6. The van der Waals surface area contributed by atoms with Gasteiger partial charge in [0.25, 0.3) is 0 Å². The first kappa shape index (κ1) is 12.4. The molecule has 0 radical (unpaired) electrons. The SMILES string of the molecule is CNC(=O)CCCNc1cccc2ccccc12. The predicted molar refractivity (Wildman–Crippen MR) is 75.7 cm³/mol. The number of anilines is 1. The second-order valence-corrected chi connectivity index (χ2v) is 4.23. The van der Waals surface area contributed by atoms with Crippen molar-refractivity contribution in [2.24, 2.45) is 0 Å². The fourth-order valence-electron chi connectivity index (χ4n) is 1.98. The van der Waals surface area contributed by atoms with E-state index >= 15 is 0 Å². The van der Waals surface area contributed by atoms with E-state index in [4.69, 9.17) is 0 Å². The maximum atomic E-state index is 11.1. The molecule has 0 unspecified atom stereocenters. The van der Waals surface area contributed by atoms with Crippen molar-refractivity contribution in [2.75, 3.05) is 18.9 Å². The molecule has 0 heterocycles. The maximum Gasteiger partial charge on any atom is 0.219 e. The number of carbonyl (C=O) groups is 1. The third kappa shape index (κ3) is 3.00. The van der Waals surface area contributed by atoms with Gasteiger partial charge in [-0.25, -0.2) is 0 Å². The average molecular weight is 242 g/mol. The molecule has 0 aliphatic heterocycles. The lowest BCUT2D eigenvalue weighted by Gasteiger charge is -2.09. The van der Waals surface area contributed by atoms with Gasteiger partial charge in [-0.05, 0) is 17.9 Å². The molecular formula is C15H18N2O. The van der Waals surface area contributed by atoms with Crippen LogP contribution in [0.15, 0.2) is 42.5 Å².